The fourth-order valence-corrected chi connectivity index (χ4v) is 3.00. The van der Waals surface area contributed by atoms with Gasteiger partial charge in [-0.25, -0.2) is 4.79 Å². The molecule has 2 heterocycles. The van der Waals surface area contributed by atoms with Crippen molar-refractivity contribution in [2.45, 2.75) is 20.8 Å². The molecule has 0 aliphatic heterocycles. The third-order valence-electron chi connectivity index (χ3n) is 4.23. The summed E-state index contributed by atoms with van der Waals surface area (Å²) in [5.41, 5.74) is 5.75. The average molecular weight is 398 g/mol. The molecule has 9 heteroatoms. The predicted octanol–water partition coefficient (Wildman–Crippen LogP) is 2.32. The predicted molar refractivity (Wildman–Crippen MR) is 103 cm³/mol. The van der Waals surface area contributed by atoms with E-state index >= 15 is 0 Å². The molecule has 0 bridgehead atoms. The summed E-state index contributed by atoms with van der Waals surface area (Å²) in [7, 11) is 0. The van der Waals surface area contributed by atoms with Crippen LogP contribution in [-0.4, -0.2) is 24.2 Å². The summed E-state index contributed by atoms with van der Waals surface area (Å²) in [6.07, 6.45) is 0. The molecule has 3 N–H and O–H groups in total. The summed E-state index contributed by atoms with van der Waals surface area (Å²) in [5.74, 6) is -1.69. The number of ether oxygens (including phenoxy) is 1. The van der Waals surface area contributed by atoms with Crippen molar-refractivity contribution in [3.05, 3.63) is 57.1 Å². The minimum absolute atomic E-state index is 0.0219. The van der Waals surface area contributed by atoms with Crippen molar-refractivity contribution < 1.29 is 28.0 Å². The van der Waals surface area contributed by atoms with Gasteiger partial charge in [0, 0.05) is 17.5 Å². The molecular weight excluding hydrogens is 380 g/mol. The second-order valence-electron chi connectivity index (χ2n) is 6.40. The van der Waals surface area contributed by atoms with E-state index in [0.29, 0.717) is 11.3 Å². The van der Waals surface area contributed by atoms with Crippen molar-refractivity contribution in [3.8, 4) is 5.75 Å². The zero-order chi connectivity index (χ0) is 21.3. The van der Waals surface area contributed by atoms with Crippen LogP contribution in [0.2, 0.25) is 0 Å². The molecule has 0 fully saturated rings. The van der Waals surface area contributed by atoms with E-state index in [1.807, 2.05) is 0 Å². The summed E-state index contributed by atoms with van der Waals surface area (Å²) >= 11 is 0. The van der Waals surface area contributed by atoms with Crippen molar-refractivity contribution in [2.75, 3.05) is 11.9 Å². The molecule has 0 spiro atoms. The van der Waals surface area contributed by atoms with Crippen molar-refractivity contribution in [1.29, 1.82) is 0 Å². The number of primary amides is 1. The van der Waals surface area contributed by atoms with Crippen LogP contribution in [0.4, 0.5) is 5.88 Å². The van der Waals surface area contributed by atoms with Gasteiger partial charge in [0.2, 0.25) is 5.88 Å². The van der Waals surface area contributed by atoms with Crippen molar-refractivity contribution in [3.63, 3.8) is 0 Å². The SMILES string of the molecule is CC(=O)c1c(C)oc(NC(=O)COc2ccc3c(C)cc(=O)oc3c2)c1C(N)=O. The van der Waals surface area contributed by atoms with Gasteiger partial charge in [0.05, 0.1) is 5.56 Å². The number of hydrogen-bond donors (Lipinski definition) is 2. The van der Waals surface area contributed by atoms with E-state index in [-0.39, 0.29) is 22.8 Å². The van der Waals surface area contributed by atoms with Crippen LogP contribution in [0.15, 0.2) is 37.9 Å². The zero-order valence-corrected chi connectivity index (χ0v) is 16.0. The molecule has 0 saturated heterocycles. The number of nitrogens with two attached hydrogens (primary N) is 1. The minimum Gasteiger partial charge on any atom is -0.484 e. The van der Waals surface area contributed by atoms with Crippen molar-refractivity contribution in [1.82, 2.24) is 0 Å². The molecule has 3 rings (SSSR count). The van der Waals surface area contributed by atoms with Gasteiger partial charge in [-0.05, 0) is 38.5 Å². The van der Waals surface area contributed by atoms with E-state index in [2.05, 4.69) is 5.32 Å². The maximum atomic E-state index is 12.2. The first kappa shape index (κ1) is 19.9. The number of anilines is 1. The third-order valence-corrected chi connectivity index (χ3v) is 4.23. The van der Waals surface area contributed by atoms with Crippen LogP contribution in [0.25, 0.3) is 11.0 Å². The average Bonchev–Trinajstić information content (AvgIpc) is 2.95. The first-order valence-electron chi connectivity index (χ1n) is 8.58. The number of benzene rings is 1. The number of carbonyl (C=O) groups is 3. The van der Waals surface area contributed by atoms with E-state index in [9.17, 15) is 19.2 Å². The molecule has 0 aliphatic carbocycles. The summed E-state index contributed by atoms with van der Waals surface area (Å²) < 4.78 is 15.9. The van der Waals surface area contributed by atoms with Crippen molar-refractivity contribution in [2.24, 2.45) is 5.73 Å². The minimum atomic E-state index is -0.900. The van der Waals surface area contributed by atoms with E-state index in [0.717, 1.165) is 10.9 Å². The van der Waals surface area contributed by atoms with Crippen molar-refractivity contribution >= 4 is 34.5 Å². The van der Waals surface area contributed by atoms with Gasteiger partial charge in [0.1, 0.15) is 22.7 Å². The van der Waals surface area contributed by atoms with Gasteiger partial charge in [-0.1, -0.05) is 0 Å². The molecule has 9 nitrogen and oxygen atoms in total. The fraction of sp³-hybridized carbons (Fsp3) is 0.200. The number of fused-ring (bicyclic) bond motifs is 1. The lowest BCUT2D eigenvalue weighted by Crippen LogP contribution is -2.23. The standard InChI is InChI=1S/C20H18N2O7/c1-9-6-16(25)29-14-7-12(4-5-13(9)14)27-8-15(24)22-20-18(19(21)26)17(10(2)23)11(3)28-20/h4-7H,8H2,1-3H3,(H2,21,26)(H,22,24). The van der Waals surface area contributed by atoms with Gasteiger partial charge in [0.15, 0.2) is 12.4 Å². The Bertz CT molecular complexity index is 1200. The van der Waals surface area contributed by atoms with E-state index in [1.54, 1.807) is 19.1 Å². The third kappa shape index (κ3) is 4.03. The Hall–Kier alpha value is -3.88. The molecular formula is C20H18N2O7. The Balaban J connectivity index is 1.76. The van der Waals surface area contributed by atoms with Crippen LogP contribution in [0, 0.1) is 13.8 Å². The van der Waals surface area contributed by atoms with Gasteiger partial charge in [-0.15, -0.1) is 0 Å². The van der Waals surface area contributed by atoms with Crippen LogP contribution in [0.1, 0.15) is 39.0 Å². The molecule has 29 heavy (non-hydrogen) atoms. The first-order chi connectivity index (χ1) is 13.7. The smallest absolute Gasteiger partial charge is 0.336 e. The van der Waals surface area contributed by atoms with Gasteiger partial charge in [0.25, 0.3) is 11.8 Å². The van der Waals surface area contributed by atoms with E-state index < -0.39 is 29.8 Å². The lowest BCUT2D eigenvalue weighted by Gasteiger charge is -2.08. The Kier molecular flexibility index (Phi) is 5.22. The van der Waals surface area contributed by atoms with Crippen LogP contribution >= 0.6 is 0 Å². The highest BCUT2D eigenvalue weighted by molar-refractivity contribution is 6.12. The quantitative estimate of drug-likeness (QED) is 0.479. The number of furan rings is 1. The monoisotopic (exact) mass is 398 g/mol. The number of carbonyl (C=O) groups excluding carboxylic acids is 3. The van der Waals surface area contributed by atoms with Gasteiger partial charge < -0.3 is 19.3 Å². The largest absolute Gasteiger partial charge is 0.484 e. The van der Waals surface area contributed by atoms with E-state index in [4.69, 9.17) is 19.3 Å². The molecule has 0 unspecified atom stereocenters. The number of amides is 2. The lowest BCUT2D eigenvalue weighted by atomic mass is 10.1. The lowest BCUT2D eigenvalue weighted by molar-refractivity contribution is -0.118. The topological polar surface area (TPSA) is 142 Å². The van der Waals surface area contributed by atoms with Crippen LogP contribution < -0.4 is 21.4 Å². The van der Waals surface area contributed by atoms with Crippen LogP contribution in [-0.2, 0) is 4.79 Å². The Morgan fingerprint density at radius 1 is 1.10 bits per heavy atom. The Labute approximate surface area is 164 Å². The van der Waals surface area contributed by atoms with Gasteiger partial charge in [-0.2, -0.15) is 0 Å². The van der Waals surface area contributed by atoms with E-state index in [1.165, 1.54) is 26.0 Å². The maximum absolute atomic E-state index is 12.2. The normalized spacial score (nSPS) is 10.7. The van der Waals surface area contributed by atoms with Gasteiger partial charge in [-0.3, -0.25) is 19.7 Å². The molecule has 1 aromatic carbocycles. The zero-order valence-electron chi connectivity index (χ0n) is 16.0. The molecule has 150 valence electrons. The molecule has 0 aliphatic rings. The Morgan fingerprint density at radius 2 is 1.83 bits per heavy atom. The summed E-state index contributed by atoms with van der Waals surface area (Å²) in [4.78, 5) is 47.1. The number of hydrogen-bond acceptors (Lipinski definition) is 7. The maximum Gasteiger partial charge on any atom is 0.336 e. The first-order valence-corrected chi connectivity index (χ1v) is 8.58. The summed E-state index contributed by atoms with van der Waals surface area (Å²) in [5, 5.41) is 3.12. The van der Waals surface area contributed by atoms with Crippen LogP contribution in [0.3, 0.4) is 0 Å². The number of aryl methyl sites for hydroxylation is 2. The second kappa shape index (κ2) is 7.63. The highest BCUT2D eigenvalue weighted by Crippen LogP contribution is 2.27. The molecule has 0 atom stereocenters. The highest BCUT2D eigenvalue weighted by atomic mass is 16.5. The van der Waals surface area contributed by atoms with Crippen LogP contribution in [0.5, 0.6) is 5.75 Å². The van der Waals surface area contributed by atoms with Gasteiger partial charge >= 0.3 is 5.63 Å². The molecule has 2 aromatic heterocycles. The fourth-order valence-electron chi connectivity index (χ4n) is 3.00. The number of Topliss-reactive ketones (excluding diaryl/α,β-unsaturated/α-hetero) is 1. The second-order valence-corrected chi connectivity index (χ2v) is 6.40. The summed E-state index contributed by atoms with van der Waals surface area (Å²) in [6, 6.07) is 6.22. The molecule has 0 saturated carbocycles. The molecule has 2 amide bonds. The number of rotatable bonds is 6. The Morgan fingerprint density at radius 3 is 2.48 bits per heavy atom. The number of ketones is 1. The molecule has 3 aromatic rings. The molecule has 0 radical (unpaired) electrons. The summed E-state index contributed by atoms with van der Waals surface area (Å²) in [6.45, 7) is 4.11. The number of nitrogens with one attached hydrogen (secondary N) is 1. The highest BCUT2D eigenvalue weighted by Gasteiger charge is 2.26.